The first-order chi connectivity index (χ1) is 10.6. The molecule has 1 saturated heterocycles. The molecule has 1 amide bonds. The van der Waals surface area contributed by atoms with Crippen molar-refractivity contribution < 1.29 is 9.53 Å². The first-order valence-corrected chi connectivity index (χ1v) is 7.77. The van der Waals surface area contributed by atoms with E-state index in [-0.39, 0.29) is 12.0 Å². The van der Waals surface area contributed by atoms with Gasteiger partial charge >= 0.3 is 0 Å². The van der Waals surface area contributed by atoms with E-state index in [0.717, 1.165) is 54.1 Å². The molecule has 1 aromatic heterocycles. The number of aromatic nitrogens is 2. The van der Waals surface area contributed by atoms with E-state index in [1.807, 2.05) is 19.1 Å². The van der Waals surface area contributed by atoms with Crippen LogP contribution in [0.4, 0.5) is 0 Å². The summed E-state index contributed by atoms with van der Waals surface area (Å²) in [6, 6.07) is 4.02. The molecule has 2 heterocycles. The number of ether oxygens (including phenoxy) is 1. The third-order valence-corrected chi connectivity index (χ3v) is 4.00. The first kappa shape index (κ1) is 14.8. The van der Waals surface area contributed by atoms with E-state index in [0.29, 0.717) is 12.8 Å². The van der Waals surface area contributed by atoms with E-state index < -0.39 is 0 Å². The number of imidazole rings is 1. The summed E-state index contributed by atoms with van der Waals surface area (Å²) in [5.41, 5.74) is 8.13. The Bertz CT molecular complexity index is 674. The largest absolute Gasteiger partial charge is 0.490 e. The molecule has 0 radical (unpaired) electrons. The van der Waals surface area contributed by atoms with Crippen LogP contribution < -0.4 is 15.8 Å². The SMILES string of the molecule is Cc1cc(OC2CCNCC2)cc2[nH]c(CCC(N)=O)nc12. The van der Waals surface area contributed by atoms with Crippen LogP contribution in [0.25, 0.3) is 11.0 Å². The minimum absolute atomic E-state index is 0.273. The lowest BCUT2D eigenvalue weighted by Gasteiger charge is -2.24. The predicted octanol–water partition coefficient (Wildman–Crippen LogP) is 1.42. The van der Waals surface area contributed by atoms with Gasteiger partial charge in [0.05, 0.1) is 11.0 Å². The zero-order chi connectivity index (χ0) is 15.5. The molecule has 0 saturated carbocycles. The summed E-state index contributed by atoms with van der Waals surface area (Å²) in [4.78, 5) is 18.7. The Morgan fingerprint density at radius 2 is 2.18 bits per heavy atom. The van der Waals surface area contributed by atoms with Crippen LogP contribution in [-0.4, -0.2) is 35.1 Å². The van der Waals surface area contributed by atoms with Gasteiger partial charge in [0.1, 0.15) is 17.7 Å². The highest BCUT2D eigenvalue weighted by molar-refractivity contribution is 5.80. The number of primary amides is 1. The molecule has 6 heteroatoms. The molecular weight excluding hydrogens is 280 g/mol. The van der Waals surface area contributed by atoms with E-state index >= 15 is 0 Å². The van der Waals surface area contributed by atoms with Gasteiger partial charge in [0.2, 0.25) is 5.91 Å². The van der Waals surface area contributed by atoms with Crippen LogP contribution in [-0.2, 0) is 11.2 Å². The standard InChI is InChI=1S/C16H22N4O2/c1-10-8-12(22-11-4-6-18-7-5-11)9-13-16(10)20-15(19-13)3-2-14(17)21/h8-9,11,18H,2-7H2,1H3,(H2,17,21)(H,19,20). The molecule has 4 N–H and O–H groups in total. The van der Waals surface area contributed by atoms with Crippen LogP contribution >= 0.6 is 0 Å². The van der Waals surface area contributed by atoms with E-state index in [4.69, 9.17) is 10.5 Å². The average Bonchev–Trinajstić information content (AvgIpc) is 2.90. The van der Waals surface area contributed by atoms with Crippen molar-refractivity contribution in [2.75, 3.05) is 13.1 Å². The van der Waals surface area contributed by atoms with Gasteiger partial charge in [0.15, 0.2) is 0 Å². The van der Waals surface area contributed by atoms with E-state index in [1.54, 1.807) is 0 Å². The van der Waals surface area contributed by atoms with Gasteiger partial charge in [-0.25, -0.2) is 4.98 Å². The fourth-order valence-electron chi connectivity index (χ4n) is 2.84. The number of nitrogens with one attached hydrogen (secondary N) is 2. The number of nitrogens with two attached hydrogens (primary N) is 1. The highest BCUT2D eigenvalue weighted by Crippen LogP contribution is 2.25. The van der Waals surface area contributed by atoms with Crippen molar-refractivity contribution in [1.29, 1.82) is 0 Å². The molecule has 2 aromatic rings. The van der Waals surface area contributed by atoms with Gasteiger partial charge < -0.3 is 20.8 Å². The second-order valence-corrected chi connectivity index (χ2v) is 5.85. The number of rotatable bonds is 5. The second kappa shape index (κ2) is 6.36. The van der Waals surface area contributed by atoms with Crippen LogP contribution in [0.15, 0.2) is 12.1 Å². The lowest BCUT2D eigenvalue weighted by molar-refractivity contribution is -0.118. The number of H-pyrrole nitrogens is 1. The molecule has 0 bridgehead atoms. The molecule has 1 fully saturated rings. The lowest BCUT2D eigenvalue weighted by atomic mass is 10.1. The van der Waals surface area contributed by atoms with Gasteiger partial charge in [-0.15, -0.1) is 0 Å². The summed E-state index contributed by atoms with van der Waals surface area (Å²) in [7, 11) is 0. The Morgan fingerprint density at radius 3 is 2.91 bits per heavy atom. The summed E-state index contributed by atoms with van der Waals surface area (Å²) in [6.45, 7) is 4.04. The maximum Gasteiger partial charge on any atom is 0.217 e. The lowest BCUT2D eigenvalue weighted by Crippen LogP contribution is -2.34. The van der Waals surface area contributed by atoms with E-state index in [9.17, 15) is 4.79 Å². The summed E-state index contributed by atoms with van der Waals surface area (Å²) < 4.78 is 6.09. The van der Waals surface area contributed by atoms with Crippen LogP contribution in [0.3, 0.4) is 0 Å². The van der Waals surface area contributed by atoms with Crippen molar-refractivity contribution in [2.45, 2.75) is 38.7 Å². The normalized spacial score (nSPS) is 16.0. The summed E-state index contributed by atoms with van der Waals surface area (Å²) in [5.74, 6) is 1.35. The van der Waals surface area contributed by atoms with Gasteiger partial charge in [0, 0.05) is 18.9 Å². The quantitative estimate of drug-likeness (QED) is 0.778. The van der Waals surface area contributed by atoms with Crippen molar-refractivity contribution in [2.24, 2.45) is 5.73 Å². The first-order valence-electron chi connectivity index (χ1n) is 7.77. The van der Waals surface area contributed by atoms with Crippen LogP contribution in [0.1, 0.15) is 30.7 Å². The van der Waals surface area contributed by atoms with Gasteiger partial charge in [-0.1, -0.05) is 0 Å². The number of fused-ring (bicyclic) bond motifs is 1. The number of carbonyl (C=O) groups excluding carboxylic acids is 1. The zero-order valence-electron chi connectivity index (χ0n) is 12.8. The molecule has 1 aromatic carbocycles. The summed E-state index contributed by atoms with van der Waals surface area (Å²) in [6.07, 6.45) is 3.18. The number of aromatic amines is 1. The molecular formula is C16H22N4O2. The average molecular weight is 302 g/mol. The Kier molecular flexibility index (Phi) is 4.29. The number of hydrogen-bond acceptors (Lipinski definition) is 4. The zero-order valence-corrected chi connectivity index (χ0v) is 12.8. The van der Waals surface area contributed by atoms with Crippen molar-refractivity contribution >= 4 is 16.9 Å². The Morgan fingerprint density at radius 1 is 1.41 bits per heavy atom. The second-order valence-electron chi connectivity index (χ2n) is 5.85. The molecule has 0 unspecified atom stereocenters. The third kappa shape index (κ3) is 3.39. The fourth-order valence-corrected chi connectivity index (χ4v) is 2.84. The highest BCUT2D eigenvalue weighted by atomic mass is 16.5. The number of amides is 1. The monoisotopic (exact) mass is 302 g/mol. The van der Waals surface area contributed by atoms with Gasteiger partial charge in [-0.3, -0.25) is 4.79 Å². The molecule has 1 aliphatic heterocycles. The van der Waals surface area contributed by atoms with Crippen molar-refractivity contribution in [3.8, 4) is 5.75 Å². The molecule has 0 atom stereocenters. The van der Waals surface area contributed by atoms with Gasteiger partial charge in [-0.2, -0.15) is 0 Å². The maximum absolute atomic E-state index is 10.9. The molecule has 118 valence electrons. The van der Waals surface area contributed by atoms with Crippen molar-refractivity contribution in [1.82, 2.24) is 15.3 Å². The number of carbonyl (C=O) groups is 1. The highest BCUT2D eigenvalue weighted by Gasteiger charge is 2.16. The van der Waals surface area contributed by atoms with Crippen molar-refractivity contribution in [3.63, 3.8) is 0 Å². The number of nitrogens with zero attached hydrogens (tertiary/aromatic N) is 1. The molecule has 0 spiro atoms. The Hall–Kier alpha value is -2.08. The minimum atomic E-state index is -0.313. The summed E-state index contributed by atoms with van der Waals surface area (Å²) >= 11 is 0. The Labute approximate surface area is 129 Å². The van der Waals surface area contributed by atoms with Crippen molar-refractivity contribution in [3.05, 3.63) is 23.5 Å². The van der Waals surface area contributed by atoms with Crippen LogP contribution in [0.5, 0.6) is 5.75 Å². The fraction of sp³-hybridized carbons (Fsp3) is 0.500. The Balaban J connectivity index is 1.79. The number of benzene rings is 1. The van der Waals surface area contributed by atoms with Crippen LogP contribution in [0.2, 0.25) is 0 Å². The number of aryl methyl sites for hydroxylation is 2. The molecule has 6 nitrogen and oxygen atoms in total. The molecule has 3 rings (SSSR count). The number of piperidine rings is 1. The molecule has 0 aliphatic carbocycles. The van der Waals surface area contributed by atoms with Gasteiger partial charge in [0.25, 0.3) is 0 Å². The molecule has 22 heavy (non-hydrogen) atoms. The summed E-state index contributed by atoms with van der Waals surface area (Å²) in [5, 5.41) is 3.33. The topological polar surface area (TPSA) is 93.0 Å². The third-order valence-electron chi connectivity index (χ3n) is 4.00. The molecule has 1 aliphatic rings. The van der Waals surface area contributed by atoms with Crippen LogP contribution in [0, 0.1) is 6.92 Å². The van der Waals surface area contributed by atoms with Gasteiger partial charge in [-0.05, 0) is 44.5 Å². The minimum Gasteiger partial charge on any atom is -0.490 e. The maximum atomic E-state index is 10.9. The van der Waals surface area contributed by atoms with E-state index in [2.05, 4.69) is 15.3 Å². The number of hydrogen-bond donors (Lipinski definition) is 3. The van der Waals surface area contributed by atoms with E-state index in [1.165, 1.54) is 0 Å². The smallest absolute Gasteiger partial charge is 0.217 e. The predicted molar refractivity (Wildman–Crippen MR) is 84.9 cm³/mol.